The molecule has 1 unspecified atom stereocenters. The second kappa shape index (κ2) is 4.73. The highest BCUT2D eigenvalue weighted by molar-refractivity contribution is 6.36. The Bertz CT molecular complexity index is 353. The Morgan fingerprint density at radius 1 is 1.64 bits per heavy atom. The van der Waals surface area contributed by atoms with Crippen LogP contribution in [0.3, 0.4) is 0 Å². The maximum atomic E-state index is 10.4. The van der Waals surface area contributed by atoms with E-state index in [9.17, 15) is 9.90 Å². The number of rotatable bonds is 3. The average molecular weight is 234 g/mol. The fourth-order valence-electron chi connectivity index (χ4n) is 1.08. The van der Waals surface area contributed by atoms with E-state index in [1.165, 1.54) is 6.20 Å². The van der Waals surface area contributed by atoms with Crippen LogP contribution in [0.15, 0.2) is 6.20 Å². The van der Waals surface area contributed by atoms with Crippen molar-refractivity contribution in [1.29, 1.82) is 0 Å². The van der Waals surface area contributed by atoms with E-state index in [4.69, 9.17) is 23.2 Å². The smallest absolute Gasteiger partial charge is 0.124 e. The molecule has 0 aromatic carbocycles. The van der Waals surface area contributed by atoms with Crippen LogP contribution < -0.4 is 0 Å². The predicted octanol–water partition coefficient (Wildman–Crippen LogP) is 2.18. The zero-order valence-electron chi connectivity index (χ0n) is 7.50. The third-order valence-corrected chi connectivity index (χ3v) is 2.53. The number of hydrogen-bond acceptors (Lipinski definition) is 3. The molecule has 1 N–H and O–H groups in total. The molecule has 0 saturated heterocycles. The molecule has 0 spiro atoms. The number of carbonyl (C=O) groups is 1. The summed E-state index contributed by atoms with van der Waals surface area (Å²) >= 11 is 11.7. The molecule has 5 heteroatoms. The number of halogens is 2. The van der Waals surface area contributed by atoms with Gasteiger partial charge in [0.25, 0.3) is 0 Å². The number of hydrogen-bond donors (Lipinski definition) is 1. The van der Waals surface area contributed by atoms with E-state index in [0.29, 0.717) is 22.6 Å². The Balaban J connectivity index is 3.25. The summed E-state index contributed by atoms with van der Waals surface area (Å²) in [6.07, 6.45) is 1.44. The predicted molar refractivity (Wildman–Crippen MR) is 54.7 cm³/mol. The molecule has 1 aromatic rings. The lowest BCUT2D eigenvalue weighted by Gasteiger charge is -2.10. The van der Waals surface area contributed by atoms with E-state index >= 15 is 0 Å². The van der Waals surface area contributed by atoms with Crippen molar-refractivity contribution in [3.63, 3.8) is 0 Å². The molecule has 3 nitrogen and oxygen atoms in total. The van der Waals surface area contributed by atoms with Crippen molar-refractivity contribution in [3.8, 4) is 0 Å². The molecule has 1 atom stereocenters. The summed E-state index contributed by atoms with van der Waals surface area (Å²) in [5.74, 6) is 0. The second-order valence-electron chi connectivity index (χ2n) is 2.83. The van der Waals surface area contributed by atoms with Crippen LogP contribution in [0.2, 0.25) is 10.0 Å². The lowest BCUT2D eigenvalue weighted by Crippen LogP contribution is -2.01. The van der Waals surface area contributed by atoms with Gasteiger partial charge in [-0.25, -0.2) is 0 Å². The number of pyridine rings is 1. The van der Waals surface area contributed by atoms with Crippen LogP contribution in [0.25, 0.3) is 0 Å². The Kier molecular flexibility index (Phi) is 3.86. The molecule has 14 heavy (non-hydrogen) atoms. The van der Waals surface area contributed by atoms with E-state index < -0.39 is 6.10 Å². The van der Waals surface area contributed by atoms with Crippen molar-refractivity contribution < 1.29 is 9.90 Å². The maximum absolute atomic E-state index is 10.4. The molecule has 0 saturated carbocycles. The van der Waals surface area contributed by atoms with Crippen LogP contribution >= 0.6 is 23.2 Å². The fraction of sp³-hybridized carbons (Fsp3) is 0.333. The molecule has 0 bridgehead atoms. The quantitative estimate of drug-likeness (QED) is 0.815. The van der Waals surface area contributed by atoms with Gasteiger partial charge in [0.1, 0.15) is 6.29 Å². The minimum Gasteiger partial charge on any atom is -0.387 e. The Morgan fingerprint density at radius 2 is 2.29 bits per heavy atom. The molecule has 1 heterocycles. The summed E-state index contributed by atoms with van der Waals surface area (Å²) in [5.41, 5.74) is 0.849. The van der Waals surface area contributed by atoms with E-state index in [1.54, 1.807) is 6.92 Å². The van der Waals surface area contributed by atoms with Gasteiger partial charge in [-0.15, -0.1) is 0 Å². The average Bonchev–Trinajstić information content (AvgIpc) is 2.11. The third kappa shape index (κ3) is 2.23. The fourth-order valence-corrected chi connectivity index (χ4v) is 1.74. The maximum Gasteiger partial charge on any atom is 0.124 e. The molecule has 1 rings (SSSR count). The Hall–Kier alpha value is -0.640. The monoisotopic (exact) mass is 233 g/mol. The van der Waals surface area contributed by atoms with Crippen molar-refractivity contribution >= 4 is 29.5 Å². The number of aromatic nitrogens is 1. The molecular formula is C9H9Cl2NO2. The zero-order chi connectivity index (χ0) is 10.7. The van der Waals surface area contributed by atoms with Gasteiger partial charge in [0.05, 0.1) is 21.8 Å². The highest BCUT2D eigenvalue weighted by atomic mass is 35.5. The lowest BCUT2D eigenvalue weighted by atomic mass is 10.1. The topological polar surface area (TPSA) is 50.2 Å². The summed E-state index contributed by atoms with van der Waals surface area (Å²) in [6.45, 7) is 1.55. The molecule has 0 fully saturated rings. The standard InChI is InChI=1S/C9H9Cl2NO2/c1-5(14)9-8(11)6(2-3-13)7(10)4-12-9/h3-5,14H,2H2,1H3. The van der Waals surface area contributed by atoms with Crippen LogP contribution in [-0.4, -0.2) is 16.4 Å². The van der Waals surface area contributed by atoms with E-state index in [1.807, 2.05) is 0 Å². The number of aliphatic hydroxyl groups excluding tert-OH is 1. The molecule has 0 aliphatic carbocycles. The molecule has 1 aromatic heterocycles. The summed E-state index contributed by atoms with van der Waals surface area (Å²) < 4.78 is 0. The van der Waals surface area contributed by atoms with Crippen molar-refractivity contribution in [2.75, 3.05) is 0 Å². The first-order valence-corrected chi connectivity index (χ1v) is 4.78. The van der Waals surface area contributed by atoms with Gasteiger partial charge in [-0.1, -0.05) is 23.2 Å². The van der Waals surface area contributed by atoms with Gasteiger partial charge in [0, 0.05) is 12.6 Å². The third-order valence-electron chi connectivity index (χ3n) is 1.78. The van der Waals surface area contributed by atoms with Crippen molar-refractivity contribution in [1.82, 2.24) is 4.98 Å². The molecule has 0 aliphatic rings. The van der Waals surface area contributed by atoms with Gasteiger partial charge < -0.3 is 9.90 Å². The molecule has 0 amide bonds. The SMILES string of the molecule is CC(O)c1ncc(Cl)c(CC=O)c1Cl. The Morgan fingerprint density at radius 3 is 2.79 bits per heavy atom. The highest BCUT2D eigenvalue weighted by Crippen LogP contribution is 2.29. The van der Waals surface area contributed by atoms with Gasteiger partial charge in [-0.3, -0.25) is 4.98 Å². The molecule has 0 radical (unpaired) electrons. The van der Waals surface area contributed by atoms with Crippen molar-refractivity contribution in [2.24, 2.45) is 0 Å². The summed E-state index contributed by atoms with van der Waals surface area (Å²) in [7, 11) is 0. The Labute approximate surface area is 91.7 Å². The zero-order valence-corrected chi connectivity index (χ0v) is 9.01. The van der Waals surface area contributed by atoms with Crippen molar-refractivity contribution in [3.05, 3.63) is 27.5 Å². The first kappa shape index (κ1) is 11.4. The van der Waals surface area contributed by atoms with E-state index in [0.717, 1.165) is 0 Å². The van der Waals surface area contributed by atoms with Crippen LogP contribution in [0.4, 0.5) is 0 Å². The minimum atomic E-state index is -0.773. The normalized spacial score (nSPS) is 12.6. The van der Waals surface area contributed by atoms with Gasteiger partial charge in [-0.2, -0.15) is 0 Å². The van der Waals surface area contributed by atoms with Gasteiger partial charge in [0.2, 0.25) is 0 Å². The first-order valence-electron chi connectivity index (χ1n) is 4.02. The largest absolute Gasteiger partial charge is 0.387 e. The van der Waals surface area contributed by atoms with Crippen LogP contribution in [0.1, 0.15) is 24.3 Å². The highest BCUT2D eigenvalue weighted by Gasteiger charge is 2.14. The van der Waals surface area contributed by atoms with E-state index in [-0.39, 0.29) is 11.4 Å². The van der Waals surface area contributed by atoms with Crippen molar-refractivity contribution in [2.45, 2.75) is 19.4 Å². The van der Waals surface area contributed by atoms with Crippen LogP contribution in [-0.2, 0) is 11.2 Å². The number of nitrogens with zero attached hydrogens (tertiary/aromatic N) is 1. The van der Waals surface area contributed by atoms with Gasteiger partial charge in [0.15, 0.2) is 0 Å². The molecule has 76 valence electrons. The minimum absolute atomic E-state index is 0.125. The molecule has 0 aliphatic heterocycles. The van der Waals surface area contributed by atoms with E-state index in [2.05, 4.69) is 4.98 Å². The lowest BCUT2D eigenvalue weighted by molar-refractivity contribution is -0.107. The second-order valence-corrected chi connectivity index (χ2v) is 3.62. The summed E-state index contributed by atoms with van der Waals surface area (Å²) in [5, 5.41) is 9.91. The number of aliphatic hydroxyl groups is 1. The molecular weight excluding hydrogens is 225 g/mol. The van der Waals surface area contributed by atoms with Gasteiger partial charge in [-0.05, 0) is 12.5 Å². The number of carbonyl (C=O) groups excluding carboxylic acids is 1. The summed E-state index contributed by atoms with van der Waals surface area (Å²) in [6, 6.07) is 0. The summed E-state index contributed by atoms with van der Waals surface area (Å²) in [4.78, 5) is 14.3. The first-order chi connectivity index (χ1) is 6.57. The van der Waals surface area contributed by atoms with Gasteiger partial charge >= 0.3 is 0 Å². The number of aldehydes is 1. The van der Waals surface area contributed by atoms with Crippen LogP contribution in [0, 0.1) is 0 Å². The van der Waals surface area contributed by atoms with Crippen LogP contribution in [0.5, 0.6) is 0 Å².